The van der Waals surface area contributed by atoms with Crippen LogP contribution >= 0.6 is 0 Å². The molecule has 2 fully saturated rings. The number of fused-ring (bicyclic) bond motifs is 3. The van der Waals surface area contributed by atoms with E-state index in [1.54, 1.807) is 10.9 Å². The van der Waals surface area contributed by atoms with Crippen LogP contribution in [0.15, 0.2) is 43.0 Å². The minimum Gasteiger partial charge on any atom is -0.493 e. The summed E-state index contributed by atoms with van der Waals surface area (Å²) < 4.78 is 15.7. The van der Waals surface area contributed by atoms with Gasteiger partial charge in [0.2, 0.25) is 0 Å². The first-order chi connectivity index (χ1) is 17.8. The van der Waals surface area contributed by atoms with Gasteiger partial charge >= 0.3 is 6.09 Å². The summed E-state index contributed by atoms with van der Waals surface area (Å²) >= 11 is 0. The lowest BCUT2D eigenvalue weighted by atomic mass is 9.75. The summed E-state index contributed by atoms with van der Waals surface area (Å²) in [5, 5.41) is 4.34. The lowest BCUT2D eigenvalue weighted by Gasteiger charge is -2.36. The topological polar surface area (TPSA) is 71.2 Å². The van der Waals surface area contributed by atoms with Crippen molar-refractivity contribution in [2.45, 2.75) is 70.8 Å². The van der Waals surface area contributed by atoms with Crippen LogP contribution in [0.25, 0.3) is 11.3 Å². The van der Waals surface area contributed by atoms with Crippen LogP contribution in [0.5, 0.6) is 5.75 Å². The van der Waals surface area contributed by atoms with Gasteiger partial charge in [-0.15, -0.1) is 0 Å². The minimum atomic E-state index is -0.312. The molecule has 3 heterocycles. The van der Waals surface area contributed by atoms with Gasteiger partial charge in [0, 0.05) is 47.8 Å². The normalized spacial score (nSPS) is 30.4. The maximum Gasteiger partial charge on any atom is 0.419 e. The van der Waals surface area contributed by atoms with Gasteiger partial charge in [0.15, 0.2) is 0 Å². The molecule has 0 saturated heterocycles. The average molecular weight is 503 g/mol. The van der Waals surface area contributed by atoms with E-state index in [-0.39, 0.29) is 23.5 Å². The van der Waals surface area contributed by atoms with Gasteiger partial charge in [-0.05, 0) is 61.3 Å². The van der Waals surface area contributed by atoms with Crippen LogP contribution in [0.1, 0.15) is 70.6 Å². The highest BCUT2D eigenvalue weighted by Crippen LogP contribution is 2.70. The van der Waals surface area contributed by atoms with Crippen molar-refractivity contribution in [3.63, 3.8) is 0 Å². The predicted octanol–water partition coefficient (Wildman–Crippen LogP) is 6.18. The fraction of sp³-hybridized carbons (Fsp3) is 0.567. The van der Waals surface area contributed by atoms with Gasteiger partial charge in [0.1, 0.15) is 18.2 Å². The van der Waals surface area contributed by atoms with Crippen LogP contribution in [-0.4, -0.2) is 38.1 Å². The SMILES string of the molecule is CCC12c3cc(-c4ccnn4C)ccc3OCC1C2c1cn(C(=O)OC2CC(C)CCC2C(C)C)cn1. The van der Waals surface area contributed by atoms with Crippen molar-refractivity contribution in [3.05, 3.63) is 54.2 Å². The molecule has 196 valence electrons. The standard InChI is InChI=1S/C30H38N4O3/c1-6-30-22-14-20(25-11-12-32-33(25)5)8-10-26(22)36-16-23(30)28(30)24-15-34(17-31-24)29(35)37-27-13-19(4)7-9-21(27)18(2)3/h8,10-12,14-15,17-19,21,23,27-28H,6-7,9,13,16H2,1-5H3. The molecule has 6 unspecified atom stereocenters. The lowest BCUT2D eigenvalue weighted by Crippen LogP contribution is -2.36. The molecule has 7 heteroatoms. The molecule has 0 bridgehead atoms. The van der Waals surface area contributed by atoms with Crippen molar-refractivity contribution in [2.24, 2.45) is 30.7 Å². The quantitative estimate of drug-likeness (QED) is 0.416. The first-order valence-electron chi connectivity index (χ1n) is 13.8. The van der Waals surface area contributed by atoms with Crippen molar-refractivity contribution < 1.29 is 14.3 Å². The summed E-state index contributed by atoms with van der Waals surface area (Å²) in [4.78, 5) is 17.9. The minimum absolute atomic E-state index is 0.0294. The van der Waals surface area contributed by atoms with Gasteiger partial charge in [-0.3, -0.25) is 4.68 Å². The Bertz CT molecular complexity index is 1310. The number of imidazole rings is 1. The summed E-state index contributed by atoms with van der Waals surface area (Å²) in [6.07, 6.45) is 9.26. The molecule has 0 spiro atoms. The van der Waals surface area contributed by atoms with Crippen LogP contribution < -0.4 is 4.74 Å². The molecule has 2 aromatic heterocycles. The van der Waals surface area contributed by atoms with Crippen molar-refractivity contribution >= 4 is 6.09 Å². The number of benzene rings is 1. The van der Waals surface area contributed by atoms with E-state index < -0.39 is 0 Å². The highest BCUT2D eigenvalue weighted by molar-refractivity contribution is 5.71. The maximum atomic E-state index is 13.2. The van der Waals surface area contributed by atoms with Crippen LogP contribution in [0.2, 0.25) is 0 Å². The highest BCUT2D eigenvalue weighted by atomic mass is 16.6. The predicted molar refractivity (Wildman–Crippen MR) is 142 cm³/mol. The van der Waals surface area contributed by atoms with E-state index >= 15 is 0 Å². The third-order valence-corrected chi connectivity index (χ3v) is 9.46. The molecular weight excluding hydrogens is 464 g/mol. The Morgan fingerprint density at radius 1 is 1.27 bits per heavy atom. The Morgan fingerprint density at radius 2 is 2.11 bits per heavy atom. The first kappa shape index (κ1) is 24.3. The molecule has 0 amide bonds. The molecule has 3 aliphatic rings. The van der Waals surface area contributed by atoms with Gasteiger partial charge in [-0.25, -0.2) is 14.3 Å². The third kappa shape index (κ3) is 3.89. The molecule has 2 aliphatic carbocycles. The van der Waals surface area contributed by atoms with E-state index in [1.165, 1.54) is 12.0 Å². The Hall–Kier alpha value is -3.09. The molecule has 1 aliphatic heterocycles. The van der Waals surface area contributed by atoms with Crippen LogP contribution in [-0.2, 0) is 17.2 Å². The van der Waals surface area contributed by atoms with Crippen molar-refractivity contribution in [1.82, 2.24) is 19.3 Å². The van der Waals surface area contributed by atoms with Crippen molar-refractivity contribution in [2.75, 3.05) is 6.61 Å². The Kier molecular flexibility index (Phi) is 5.92. The van der Waals surface area contributed by atoms with Gasteiger partial charge in [-0.1, -0.05) is 34.1 Å². The van der Waals surface area contributed by atoms with E-state index in [4.69, 9.17) is 14.5 Å². The first-order valence-corrected chi connectivity index (χ1v) is 13.8. The van der Waals surface area contributed by atoms with E-state index in [0.29, 0.717) is 30.3 Å². The molecular formula is C30H38N4O3. The summed E-state index contributed by atoms with van der Waals surface area (Å²) in [6, 6.07) is 8.50. The highest BCUT2D eigenvalue weighted by Gasteiger charge is 2.68. The van der Waals surface area contributed by atoms with E-state index in [0.717, 1.165) is 42.0 Å². The summed E-state index contributed by atoms with van der Waals surface area (Å²) in [5.74, 6) is 3.01. The largest absolute Gasteiger partial charge is 0.493 e. The second-order valence-corrected chi connectivity index (χ2v) is 11.8. The molecule has 37 heavy (non-hydrogen) atoms. The van der Waals surface area contributed by atoms with Crippen LogP contribution in [0.4, 0.5) is 4.79 Å². The van der Waals surface area contributed by atoms with Crippen molar-refractivity contribution in [3.8, 4) is 17.0 Å². The molecule has 7 nitrogen and oxygen atoms in total. The summed E-state index contributed by atoms with van der Waals surface area (Å²) in [7, 11) is 1.96. The summed E-state index contributed by atoms with van der Waals surface area (Å²) in [5.41, 5.74) is 4.37. The van der Waals surface area contributed by atoms with Gasteiger partial charge in [-0.2, -0.15) is 5.10 Å². The van der Waals surface area contributed by atoms with E-state index in [2.05, 4.69) is 51.0 Å². The molecule has 0 radical (unpaired) electrons. The number of carbonyl (C=O) groups excluding carboxylic acids is 1. The monoisotopic (exact) mass is 502 g/mol. The fourth-order valence-electron chi connectivity index (χ4n) is 7.33. The summed E-state index contributed by atoms with van der Waals surface area (Å²) in [6.45, 7) is 9.64. The number of carbonyl (C=O) groups is 1. The molecule has 6 atom stereocenters. The second kappa shape index (κ2) is 9.03. The fourth-order valence-corrected chi connectivity index (χ4v) is 7.33. The molecule has 6 rings (SSSR count). The van der Waals surface area contributed by atoms with Gasteiger partial charge < -0.3 is 9.47 Å². The zero-order valence-corrected chi connectivity index (χ0v) is 22.6. The van der Waals surface area contributed by atoms with Crippen LogP contribution in [0, 0.1) is 23.7 Å². The molecule has 2 saturated carbocycles. The van der Waals surface area contributed by atoms with E-state index in [1.807, 2.05) is 30.2 Å². The zero-order chi connectivity index (χ0) is 25.9. The Morgan fingerprint density at radius 3 is 2.84 bits per heavy atom. The van der Waals surface area contributed by atoms with Crippen molar-refractivity contribution in [1.29, 1.82) is 0 Å². The number of hydrogen-bond donors (Lipinski definition) is 0. The Labute approximate surface area is 219 Å². The zero-order valence-electron chi connectivity index (χ0n) is 22.6. The molecule has 0 N–H and O–H groups in total. The number of nitrogens with zero attached hydrogens (tertiary/aromatic N) is 4. The van der Waals surface area contributed by atoms with E-state index in [9.17, 15) is 4.79 Å². The molecule has 1 aromatic carbocycles. The van der Waals surface area contributed by atoms with Gasteiger partial charge in [0.25, 0.3) is 0 Å². The Balaban J connectivity index is 1.25. The smallest absolute Gasteiger partial charge is 0.419 e. The van der Waals surface area contributed by atoms with Crippen LogP contribution in [0.3, 0.4) is 0 Å². The maximum absolute atomic E-state index is 13.2. The third-order valence-electron chi connectivity index (χ3n) is 9.46. The number of aromatic nitrogens is 4. The molecule has 3 aromatic rings. The van der Waals surface area contributed by atoms with Gasteiger partial charge in [0.05, 0.1) is 18.0 Å². The number of hydrogen-bond acceptors (Lipinski definition) is 5. The number of rotatable bonds is 5. The second-order valence-electron chi connectivity index (χ2n) is 11.8. The average Bonchev–Trinajstić information content (AvgIpc) is 3.14. The number of aryl methyl sites for hydroxylation is 1. The lowest BCUT2D eigenvalue weighted by molar-refractivity contribution is 0.00672. The number of ether oxygens (including phenoxy) is 2.